The second kappa shape index (κ2) is 7.90. The monoisotopic (exact) mass is 396 g/mol. The van der Waals surface area contributed by atoms with Crippen molar-refractivity contribution in [2.75, 3.05) is 0 Å². The maximum Gasteiger partial charge on any atom is 0.293 e. The van der Waals surface area contributed by atoms with Crippen LogP contribution in [0.15, 0.2) is 50.7 Å². The lowest BCUT2D eigenvalue weighted by Gasteiger charge is -2.28. The maximum atomic E-state index is 12.9. The Bertz CT molecular complexity index is 1070. The molecule has 3 rings (SSSR count). The van der Waals surface area contributed by atoms with E-state index >= 15 is 0 Å². The van der Waals surface area contributed by atoms with E-state index in [1.54, 1.807) is 18.2 Å². The van der Waals surface area contributed by atoms with Crippen LogP contribution in [0.5, 0.6) is 11.7 Å². The van der Waals surface area contributed by atoms with Gasteiger partial charge in [0, 0.05) is 12.0 Å². The predicted octanol–water partition coefficient (Wildman–Crippen LogP) is 5.41. The van der Waals surface area contributed by atoms with Gasteiger partial charge in [0.25, 0.3) is 5.95 Å². The highest BCUT2D eigenvalue weighted by atomic mass is 16.6. The summed E-state index contributed by atoms with van der Waals surface area (Å²) in [5.41, 5.74) is 2.21. The highest BCUT2D eigenvalue weighted by molar-refractivity contribution is 6.00. The van der Waals surface area contributed by atoms with Gasteiger partial charge in [0.05, 0.1) is 10.9 Å². The van der Waals surface area contributed by atoms with Crippen LogP contribution in [0.2, 0.25) is 0 Å². The molecule has 0 bridgehead atoms. The van der Waals surface area contributed by atoms with Crippen LogP contribution < -0.4 is 10.2 Å². The normalized spacial score (nSPS) is 21.0. The second-order valence-corrected chi connectivity index (χ2v) is 8.42. The van der Waals surface area contributed by atoms with Gasteiger partial charge in [-0.15, -0.1) is 0 Å². The number of ketones is 1. The van der Waals surface area contributed by atoms with Crippen molar-refractivity contribution in [1.29, 1.82) is 0 Å². The summed E-state index contributed by atoms with van der Waals surface area (Å²) in [5, 5.41) is 10.1. The first-order chi connectivity index (χ1) is 13.6. The summed E-state index contributed by atoms with van der Waals surface area (Å²) < 4.78 is 11.9. The third-order valence-corrected chi connectivity index (χ3v) is 5.62. The minimum atomic E-state index is -0.561. The molecule has 2 atom stereocenters. The molecule has 1 N–H and O–H groups in total. The molecular formula is C24H28O5. The van der Waals surface area contributed by atoms with Crippen LogP contribution in [0, 0.1) is 0 Å². The molecule has 5 heteroatoms. The third-order valence-electron chi connectivity index (χ3n) is 5.62. The van der Waals surface area contributed by atoms with Gasteiger partial charge in [-0.1, -0.05) is 18.1 Å². The zero-order valence-corrected chi connectivity index (χ0v) is 17.7. The van der Waals surface area contributed by atoms with E-state index < -0.39 is 5.60 Å². The molecule has 1 aliphatic rings. The third kappa shape index (κ3) is 4.29. The van der Waals surface area contributed by atoms with Gasteiger partial charge in [-0.2, -0.15) is 0 Å². The number of benzene rings is 1. The Hall–Kier alpha value is -2.82. The predicted molar refractivity (Wildman–Crippen MR) is 114 cm³/mol. The molecule has 5 nitrogen and oxygen atoms in total. The van der Waals surface area contributed by atoms with Gasteiger partial charge in [0.15, 0.2) is 11.2 Å². The van der Waals surface area contributed by atoms with E-state index in [0.29, 0.717) is 16.5 Å². The SMILES string of the molecule is CC(C)=CC(=O)/C=C(/C)CCC[C@@]1(C)Oc2oc3cc(O)ccc3c(=O)c2[C@H]1C. The summed E-state index contributed by atoms with van der Waals surface area (Å²) in [7, 11) is 0. The smallest absolute Gasteiger partial charge is 0.293 e. The lowest BCUT2D eigenvalue weighted by molar-refractivity contribution is -0.110. The minimum absolute atomic E-state index is 0.0105. The Morgan fingerprint density at radius 1 is 1.24 bits per heavy atom. The number of aromatic hydroxyl groups is 1. The van der Waals surface area contributed by atoms with Crippen molar-refractivity contribution < 1.29 is 19.1 Å². The van der Waals surface area contributed by atoms with Crippen LogP contribution >= 0.6 is 0 Å². The van der Waals surface area contributed by atoms with Gasteiger partial charge in [-0.3, -0.25) is 9.59 Å². The highest BCUT2D eigenvalue weighted by Gasteiger charge is 2.45. The standard InChI is InChI=1S/C24H28O5/c1-14(2)11-18(26)12-15(3)7-6-10-24(5)16(4)21-22(27)19-9-8-17(25)13-20(19)28-23(21)29-24/h8-9,11-13,16,25H,6-7,10H2,1-5H3/b15-12-/t16-,24-/m1/s1. The maximum absolute atomic E-state index is 12.9. The van der Waals surface area contributed by atoms with Crippen molar-refractivity contribution in [3.8, 4) is 11.7 Å². The van der Waals surface area contributed by atoms with Crippen LogP contribution in [0.1, 0.15) is 65.4 Å². The molecule has 0 unspecified atom stereocenters. The largest absolute Gasteiger partial charge is 0.508 e. The molecule has 0 spiro atoms. The molecule has 1 aromatic carbocycles. The molecule has 154 valence electrons. The van der Waals surface area contributed by atoms with Crippen LogP contribution in [-0.2, 0) is 4.79 Å². The summed E-state index contributed by atoms with van der Waals surface area (Å²) >= 11 is 0. The van der Waals surface area contributed by atoms with Crippen LogP contribution in [0.25, 0.3) is 11.0 Å². The molecule has 1 aromatic heterocycles. The van der Waals surface area contributed by atoms with Crippen molar-refractivity contribution in [1.82, 2.24) is 0 Å². The zero-order valence-electron chi connectivity index (χ0n) is 17.7. The Kier molecular flexibility index (Phi) is 5.69. The van der Waals surface area contributed by atoms with Gasteiger partial charge in [-0.25, -0.2) is 0 Å². The van der Waals surface area contributed by atoms with Gasteiger partial charge < -0.3 is 14.3 Å². The summed E-state index contributed by atoms with van der Waals surface area (Å²) in [5.74, 6) is 0.174. The van der Waals surface area contributed by atoms with Gasteiger partial charge in [0.2, 0.25) is 0 Å². The number of hydrogen-bond donors (Lipinski definition) is 1. The number of phenols is 1. The number of ether oxygens (including phenoxy) is 1. The van der Waals surface area contributed by atoms with Crippen molar-refractivity contribution in [3.63, 3.8) is 0 Å². The Morgan fingerprint density at radius 3 is 2.66 bits per heavy atom. The number of hydrogen-bond acceptors (Lipinski definition) is 5. The van der Waals surface area contributed by atoms with E-state index in [0.717, 1.165) is 30.4 Å². The van der Waals surface area contributed by atoms with E-state index in [2.05, 4.69) is 0 Å². The number of carbonyl (C=O) groups excluding carboxylic acids is 1. The second-order valence-electron chi connectivity index (χ2n) is 8.42. The Balaban J connectivity index is 1.76. The Labute approximate surface area is 170 Å². The summed E-state index contributed by atoms with van der Waals surface area (Å²) in [4.78, 5) is 24.8. The molecule has 0 amide bonds. The fraction of sp³-hybridized carbons (Fsp3) is 0.417. The molecule has 2 heterocycles. The lowest BCUT2D eigenvalue weighted by Crippen LogP contribution is -2.33. The first-order valence-electron chi connectivity index (χ1n) is 9.95. The van der Waals surface area contributed by atoms with Gasteiger partial charge in [0.1, 0.15) is 16.9 Å². The zero-order chi connectivity index (χ0) is 21.3. The minimum Gasteiger partial charge on any atom is -0.508 e. The fourth-order valence-corrected chi connectivity index (χ4v) is 3.86. The quantitative estimate of drug-likeness (QED) is 0.661. The first kappa shape index (κ1) is 20.9. The average molecular weight is 396 g/mol. The number of fused-ring (bicyclic) bond motifs is 2. The van der Waals surface area contributed by atoms with Crippen LogP contribution in [0.4, 0.5) is 0 Å². The van der Waals surface area contributed by atoms with Crippen LogP contribution in [0.3, 0.4) is 0 Å². The number of phenolic OH excluding ortho intramolecular Hbond substituents is 1. The summed E-state index contributed by atoms with van der Waals surface area (Å²) in [6.45, 7) is 9.73. The number of allylic oxidation sites excluding steroid dienone is 4. The van der Waals surface area contributed by atoms with Crippen molar-refractivity contribution in [2.24, 2.45) is 0 Å². The molecule has 29 heavy (non-hydrogen) atoms. The molecule has 0 saturated carbocycles. The molecule has 2 aromatic rings. The summed E-state index contributed by atoms with van der Waals surface area (Å²) in [6, 6.07) is 4.49. The lowest BCUT2D eigenvalue weighted by atomic mass is 9.83. The van der Waals surface area contributed by atoms with Crippen molar-refractivity contribution >= 4 is 16.8 Å². The van der Waals surface area contributed by atoms with Crippen molar-refractivity contribution in [3.05, 3.63) is 57.3 Å². The topological polar surface area (TPSA) is 76.7 Å². The fourth-order valence-electron chi connectivity index (χ4n) is 3.86. The molecule has 0 aliphatic carbocycles. The van der Waals surface area contributed by atoms with E-state index in [1.807, 2.05) is 34.6 Å². The molecule has 1 aliphatic heterocycles. The first-order valence-corrected chi connectivity index (χ1v) is 9.95. The van der Waals surface area contributed by atoms with Gasteiger partial charge >= 0.3 is 0 Å². The van der Waals surface area contributed by atoms with E-state index in [4.69, 9.17) is 9.15 Å². The molecular weight excluding hydrogens is 368 g/mol. The van der Waals surface area contributed by atoms with Crippen molar-refractivity contribution in [2.45, 2.75) is 65.4 Å². The summed E-state index contributed by atoms with van der Waals surface area (Å²) in [6.07, 6.45) is 5.63. The Morgan fingerprint density at radius 2 is 1.97 bits per heavy atom. The molecule has 0 radical (unpaired) electrons. The van der Waals surface area contributed by atoms with Gasteiger partial charge in [-0.05, 0) is 71.2 Å². The number of rotatable bonds is 6. The van der Waals surface area contributed by atoms with E-state index in [-0.39, 0.29) is 28.8 Å². The van der Waals surface area contributed by atoms with E-state index in [1.165, 1.54) is 12.1 Å². The number of carbonyl (C=O) groups is 1. The molecule has 0 saturated heterocycles. The average Bonchev–Trinajstić information content (AvgIpc) is 2.84. The molecule has 0 fully saturated rings. The highest BCUT2D eigenvalue weighted by Crippen LogP contribution is 2.46. The van der Waals surface area contributed by atoms with Crippen LogP contribution in [-0.4, -0.2) is 16.5 Å². The van der Waals surface area contributed by atoms with E-state index in [9.17, 15) is 14.7 Å².